The van der Waals surface area contributed by atoms with Crippen molar-refractivity contribution in [2.24, 2.45) is 7.05 Å². The van der Waals surface area contributed by atoms with E-state index < -0.39 is 0 Å². The number of nitrogens with zero attached hydrogens (tertiary/aromatic N) is 1. The first kappa shape index (κ1) is 14.6. The number of benzene rings is 2. The van der Waals surface area contributed by atoms with Crippen LogP contribution in [0, 0.1) is 6.92 Å². The molecule has 0 unspecified atom stereocenters. The minimum absolute atomic E-state index is 0.0109. The van der Waals surface area contributed by atoms with Crippen LogP contribution in [-0.2, 0) is 17.9 Å². The number of aromatic nitrogens is 1. The normalized spacial score (nSPS) is 14.8. The second-order valence-corrected chi connectivity index (χ2v) is 9.62. The van der Waals surface area contributed by atoms with Crippen molar-refractivity contribution in [1.82, 2.24) is 0 Å². The van der Waals surface area contributed by atoms with E-state index in [2.05, 4.69) is 70.5 Å². The molecule has 1 nitrogen and oxygen atoms in total. The molecule has 0 fully saturated rings. The predicted octanol–water partition coefficient (Wildman–Crippen LogP) is 6.75. The van der Waals surface area contributed by atoms with E-state index in [4.69, 9.17) is 6.85 Å². The van der Waals surface area contributed by atoms with E-state index in [9.17, 15) is 0 Å². The third-order valence-electron chi connectivity index (χ3n) is 5.23. The summed E-state index contributed by atoms with van der Waals surface area (Å²) < 4.78 is 43.4. The summed E-state index contributed by atoms with van der Waals surface area (Å²) in [4.78, 5) is 0. The Labute approximate surface area is 178 Å². The predicted molar refractivity (Wildman–Crippen MR) is 121 cm³/mol. The van der Waals surface area contributed by atoms with Crippen LogP contribution in [0.5, 0.6) is 0 Å². The topological polar surface area (TPSA) is 3.88 Å². The van der Waals surface area contributed by atoms with E-state index in [0.29, 0.717) is 5.56 Å². The molecule has 0 spiro atoms. The van der Waals surface area contributed by atoms with Crippen molar-refractivity contribution >= 4 is 0 Å². The van der Waals surface area contributed by atoms with Crippen LogP contribution in [0.3, 0.4) is 0 Å². The molecular weight excluding hydrogens is 338 g/mol. The van der Waals surface area contributed by atoms with Gasteiger partial charge in [0.05, 0.1) is 6.85 Å². The molecule has 0 atom stereocenters. The Kier molecular flexibility index (Phi) is 3.75. The Hall–Kier alpha value is -2.41. The van der Waals surface area contributed by atoms with Crippen molar-refractivity contribution in [3.8, 4) is 22.4 Å². The van der Waals surface area contributed by atoms with Crippen LogP contribution in [0.2, 0.25) is 0 Å². The molecule has 28 heavy (non-hydrogen) atoms. The Morgan fingerprint density at radius 1 is 0.821 bits per heavy atom. The van der Waals surface area contributed by atoms with Crippen molar-refractivity contribution in [3.63, 3.8) is 0 Å². The number of hydrogen-bond donors (Lipinski definition) is 0. The van der Waals surface area contributed by atoms with Crippen LogP contribution in [0.25, 0.3) is 22.4 Å². The molecular formula is C27H34N+. The summed E-state index contributed by atoms with van der Waals surface area (Å²) in [6, 6.07) is 7.15. The van der Waals surface area contributed by atoms with Crippen LogP contribution in [0.1, 0.15) is 65.1 Å². The third kappa shape index (κ3) is 4.04. The van der Waals surface area contributed by atoms with Gasteiger partial charge in [-0.3, -0.25) is 0 Å². The minimum Gasteiger partial charge on any atom is -0.201 e. The molecule has 0 radical (unpaired) electrons. The molecule has 0 aliphatic carbocycles. The van der Waals surface area contributed by atoms with Crippen LogP contribution in [0.4, 0.5) is 0 Å². The summed E-state index contributed by atoms with van der Waals surface area (Å²) in [5, 5.41) is 0. The maximum Gasteiger partial charge on any atom is 0.212 e. The summed E-state index contributed by atoms with van der Waals surface area (Å²) in [5.74, 6) is 0. The molecule has 2 aromatic carbocycles. The molecule has 0 aliphatic rings. The number of pyridine rings is 1. The summed E-state index contributed by atoms with van der Waals surface area (Å²) in [5.41, 5.74) is 5.99. The lowest BCUT2D eigenvalue weighted by Crippen LogP contribution is -2.32. The first-order chi connectivity index (χ1) is 15.1. The van der Waals surface area contributed by atoms with E-state index in [-0.39, 0.29) is 46.6 Å². The maximum atomic E-state index is 8.52. The molecule has 1 heterocycles. The first-order valence-corrected chi connectivity index (χ1v) is 9.78. The molecule has 0 amide bonds. The molecule has 3 aromatic rings. The molecule has 0 aliphatic heterocycles. The lowest BCUT2D eigenvalue weighted by molar-refractivity contribution is -0.660. The highest BCUT2D eigenvalue weighted by Gasteiger charge is 2.25. The Balaban J connectivity index is 2.40. The van der Waals surface area contributed by atoms with Gasteiger partial charge in [-0.25, -0.2) is 4.57 Å². The van der Waals surface area contributed by atoms with Gasteiger partial charge < -0.3 is 0 Å². The molecule has 0 saturated heterocycles. The van der Waals surface area contributed by atoms with E-state index in [1.807, 2.05) is 20.0 Å². The zero-order valence-corrected chi connectivity index (χ0v) is 18.3. The molecule has 0 bridgehead atoms. The van der Waals surface area contributed by atoms with Gasteiger partial charge in [-0.2, -0.15) is 0 Å². The van der Waals surface area contributed by atoms with Crippen molar-refractivity contribution in [2.75, 3.05) is 0 Å². The SMILES string of the molecule is [2H]c1c([2H])c([2H])c(-c2cc(C)c(-c3cc(C(C)(C)C)cc[n+]3C)cc2C(C)(C)C)c([2H])c1[2H]. The van der Waals surface area contributed by atoms with E-state index >= 15 is 0 Å². The van der Waals surface area contributed by atoms with Crippen molar-refractivity contribution in [3.05, 3.63) is 77.4 Å². The number of rotatable bonds is 2. The highest BCUT2D eigenvalue weighted by Crippen LogP contribution is 2.38. The van der Waals surface area contributed by atoms with Gasteiger partial charge in [-0.05, 0) is 51.6 Å². The molecule has 3 rings (SSSR count). The first-order valence-electron chi connectivity index (χ1n) is 12.3. The van der Waals surface area contributed by atoms with Crippen molar-refractivity contribution in [2.45, 2.75) is 59.3 Å². The molecule has 146 valence electrons. The van der Waals surface area contributed by atoms with Gasteiger partial charge in [0.15, 0.2) is 6.20 Å². The summed E-state index contributed by atoms with van der Waals surface area (Å²) >= 11 is 0. The van der Waals surface area contributed by atoms with Gasteiger partial charge in [0.25, 0.3) is 0 Å². The van der Waals surface area contributed by atoms with E-state index in [0.717, 1.165) is 22.4 Å². The van der Waals surface area contributed by atoms with Crippen LogP contribution >= 0.6 is 0 Å². The highest BCUT2D eigenvalue weighted by atomic mass is 14.9. The molecule has 0 saturated carbocycles. The summed E-state index contributed by atoms with van der Waals surface area (Å²) in [7, 11) is 2.03. The zero-order valence-electron chi connectivity index (χ0n) is 23.3. The van der Waals surface area contributed by atoms with Crippen molar-refractivity contribution in [1.29, 1.82) is 0 Å². The van der Waals surface area contributed by atoms with Crippen LogP contribution < -0.4 is 4.57 Å². The Morgan fingerprint density at radius 2 is 1.46 bits per heavy atom. The lowest BCUT2D eigenvalue weighted by atomic mass is 9.79. The highest BCUT2D eigenvalue weighted by molar-refractivity contribution is 5.75. The van der Waals surface area contributed by atoms with Crippen LogP contribution in [0.15, 0.2) is 60.7 Å². The lowest BCUT2D eigenvalue weighted by Gasteiger charge is -2.25. The van der Waals surface area contributed by atoms with E-state index in [1.165, 1.54) is 5.56 Å². The largest absolute Gasteiger partial charge is 0.212 e. The van der Waals surface area contributed by atoms with Gasteiger partial charge in [0.1, 0.15) is 7.05 Å². The fraction of sp³-hybridized carbons (Fsp3) is 0.370. The fourth-order valence-corrected chi connectivity index (χ4v) is 3.50. The van der Waals surface area contributed by atoms with Gasteiger partial charge >= 0.3 is 0 Å². The smallest absolute Gasteiger partial charge is 0.201 e. The van der Waals surface area contributed by atoms with Gasteiger partial charge in [0, 0.05) is 17.7 Å². The number of aryl methyl sites for hydroxylation is 2. The second-order valence-electron chi connectivity index (χ2n) is 9.62. The van der Waals surface area contributed by atoms with E-state index in [1.54, 1.807) is 0 Å². The second kappa shape index (κ2) is 7.20. The molecule has 1 heteroatoms. The van der Waals surface area contributed by atoms with Crippen LogP contribution in [-0.4, -0.2) is 0 Å². The van der Waals surface area contributed by atoms with Crippen molar-refractivity contribution < 1.29 is 11.4 Å². The number of hydrogen-bond acceptors (Lipinski definition) is 0. The fourth-order valence-electron chi connectivity index (χ4n) is 3.50. The summed E-state index contributed by atoms with van der Waals surface area (Å²) in [6.45, 7) is 14.9. The maximum absolute atomic E-state index is 8.52. The molecule has 0 N–H and O–H groups in total. The summed E-state index contributed by atoms with van der Waals surface area (Å²) in [6.07, 6.45) is 2.08. The van der Waals surface area contributed by atoms with Gasteiger partial charge in [-0.15, -0.1) is 0 Å². The Bertz CT molecular complexity index is 1220. The third-order valence-corrected chi connectivity index (χ3v) is 5.23. The minimum atomic E-state index is -0.370. The Morgan fingerprint density at radius 3 is 2.04 bits per heavy atom. The average Bonchev–Trinajstić information content (AvgIpc) is 2.70. The standard InChI is InChI=1S/C27H34N/c1-19-16-23(20-12-10-9-11-13-20)24(27(5,6)7)18-22(19)25-17-21(26(2,3)4)14-15-28(25)8/h9-18H,1-8H3/q+1/i9D,10D,11D,12D,13D. The zero-order chi connectivity index (χ0) is 25.0. The van der Waals surface area contributed by atoms with Gasteiger partial charge in [0.2, 0.25) is 5.69 Å². The quantitative estimate of drug-likeness (QED) is 0.435. The van der Waals surface area contributed by atoms with Gasteiger partial charge in [-0.1, -0.05) is 77.8 Å². The average molecular weight is 378 g/mol. The monoisotopic (exact) mass is 377 g/mol. The molecule has 1 aromatic heterocycles.